The molecule has 0 saturated carbocycles. The zero-order valence-electron chi connectivity index (χ0n) is 11.1. The fraction of sp³-hybridized carbons (Fsp3) is 0.308. The average molecular weight is 259 g/mol. The fourth-order valence-electron chi connectivity index (χ4n) is 1.64. The van der Waals surface area contributed by atoms with Crippen LogP contribution in [0.3, 0.4) is 0 Å². The maximum absolute atomic E-state index is 12.0. The van der Waals surface area contributed by atoms with Crippen LogP contribution in [-0.4, -0.2) is 41.5 Å². The van der Waals surface area contributed by atoms with Crippen molar-refractivity contribution in [2.75, 3.05) is 25.5 Å². The van der Waals surface area contributed by atoms with Gasteiger partial charge in [-0.15, -0.1) is 0 Å². The van der Waals surface area contributed by atoms with E-state index in [0.29, 0.717) is 12.1 Å². The van der Waals surface area contributed by atoms with Crippen molar-refractivity contribution in [1.82, 2.24) is 20.3 Å². The van der Waals surface area contributed by atoms with Crippen LogP contribution in [0.5, 0.6) is 0 Å². The van der Waals surface area contributed by atoms with Gasteiger partial charge in [0.25, 0.3) is 5.91 Å². The number of nitrogens with one attached hydrogen (secondary N) is 2. The molecule has 2 rings (SSSR count). The van der Waals surface area contributed by atoms with E-state index in [9.17, 15) is 4.79 Å². The molecule has 0 aliphatic carbocycles. The number of carbonyl (C=O) groups excluding carboxylic acids is 1. The van der Waals surface area contributed by atoms with Crippen LogP contribution in [0.25, 0.3) is 0 Å². The SMILES string of the molecule is CN(C)c1cc(C(=O)NCCc2cnc[nH]2)ccn1. The van der Waals surface area contributed by atoms with Crippen LogP contribution in [-0.2, 0) is 6.42 Å². The van der Waals surface area contributed by atoms with Gasteiger partial charge in [0.1, 0.15) is 5.82 Å². The first-order valence-corrected chi connectivity index (χ1v) is 6.05. The van der Waals surface area contributed by atoms with Gasteiger partial charge in [0.2, 0.25) is 0 Å². The Hall–Kier alpha value is -2.37. The average Bonchev–Trinajstić information content (AvgIpc) is 2.92. The van der Waals surface area contributed by atoms with Crippen LogP contribution in [0.1, 0.15) is 16.1 Å². The molecule has 0 spiro atoms. The number of nitrogens with zero attached hydrogens (tertiary/aromatic N) is 3. The van der Waals surface area contributed by atoms with E-state index in [2.05, 4.69) is 20.3 Å². The van der Waals surface area contributed by atoms with Gasteiger partial charge in [0, 0.05) is 50.7 Å². The Labute approximate surface area is 111 Å². The number of pyridine rings is 1. The van der Waals surface area contributed by atoms with Crippen molar-refractivity contribution in [3.63, 3.8) is 0 Å². The molecule has 0 radical (unpaired) electrons. The van der Waals surface area contributed by atoms with Crippen LogP contribution in [0.2, 0.25) is 0 Å². The molecule has 0 bridgehead atoms. The third-order valence-corrected chi connectivity index (χ3v) is 2.70. The van der Waals surface area contributed by atoms with Crippen LogP contribution in [0, 0.1) is 0 Å². The summed E-state index contributed by atoms with van der Waals surface area (Å²) in [6.07, 6.45) is 5.75. The molecule has 2 aromatic rings. The lowest BCUT2D eigenvalue weighted by molar-refractivity contribution is 0.0954. The Balaban J connectivity index is 1.90. The monoisotopic (exact) mass is 259 g/mol. The minimum atomic E-state index is -0.0926. The van der Waals surface area contributed by atoms with E-state index in [1.54, 1.807) is 30.9 Å². The second kappa shape index (κ2) is 5.99. The number of rotatable bonds is 5. The third kappa shape index (κ3) is 3.54. The van der Waals surface area contributed by atoms with Gasteiger partial charge in [-0.2, -0.15) is 0 Å². The van der Waals surface area contributed by atoms with E-state index in [0.717, 1.165) is 17.9 Å². The first-order valence-electron chi connectivity index (χ1n) is 6.05. The number of imidazole rings is 1. The summed E-state index contributed by atoms with van der Waals surface area (Å²) in [6, 6.07) is 3.48. The number of carbonyl (C=O) groups is 1. The number of aromatic amines is 1. The second-order valence-corrected chi connectivity index (χ2v) is 4.38. The Bertz CT molecular complexity index is 536. The molecule has 6 heteroatoms. The molecule has 19 heavy (non-hydrogen) atoms. The number of H-pyrrole nitrogens is 1. The minimum Gasteiger partial charge on any atom is -0.363 e. The lowest BCUT2D eigenvalue weighted by Crippen LogP contribution is -2.26. The van der Waals surface area contributed by atoms with Crippen molar-refractivity contribution in [3.8, 4) is 0 Å². The highest BCUT2D eigenvalue weighted by Crippen LogP contribution is 2.09. The first kappa shape index (κ1) is 13.1. The molecule has 0 atom stereocenters. The molecule has 6 nitrogen and oxygen atoms in total. The highest BCUT2D eigenvalue weighted by Gasteiger charge is 2.07. The summed E-state index contributed by atoms with van der Waals surface area (Å²) >= 11 is 0. The van der Waals surface area contributed by atoms with Crippen molar-refractivity contribution in [2.24, 2.45) is 0 Å². The van der Waals surface area contributed by atoms with Crippen LogP contribution in [0.15, 0.2) is 30.9 Å². The summed E-state index contributed by atoms with van der Waals surface area (Å²) in [5, 5.41) is 2.87. The van der Waals surface area contributed by atoms with E-state index >= 15 is 0 Å². The van der Waals surface area contributed by atoms with Gasteiger partial charge in [-0.1, -0.05) is 0 Å². The number of hydrogen-bond acceptors (Lipinski definition) is 4. The molecule has 2 N–H and O–H groups in total. The summed E-state index contributed by atoms with van der Waals surface area (Å²) < 4.78 is 0. The molecule has 0 saturated heterocycles. The molecular weight excluding hydrogens is 242 g/mol. The van der Waals surface area contributed by atoms with Gasteiger partial charge in [0.15, 0.2) is 0 Å². The van der Waals surface area contributed by atoms with Gasteiger partial charge in [0.05, 0.1) is 6.33 Å². The maximum atomic E-state index is 12.0. The van der Waals surface area contributed by atoms with Crippen molar-refractivity contribution in [2.45, 2.75) is 6.42 Å². The summed E-state index contributed by atoms with van der Waals surface area (Å²) in [5.74, 6) is 0.672. The predicted octanol–water partition coefficient (Wildman–Crippen LogP) is 0.843. The Kier molecular flexibility index (Phi) is 4.12. The zero-order chi connectivity index (χ0) is 13.7. The van der Waals surface area contributed by atoms with Crippen molar-refractivity contribution >= 4 is 11.7 Å². The van der Waals surface area contributed by atoms with Gasteiger partial charge >= 0.3 is 0 Å². The smallest absolute Gasteiger partial charge is 0.251 e. The molecule has 0 fully saturated rings. The molecule has 0 aliphatic heterocycles. The molecule has 0 aromatic carbocycles. The maximum Gasteiger partial charge on any atom is 0.251 e. The van der Waals surface area contributed by atoms with E-state index in [1.807, 2.05) is 19.0 Å². The van der Waals surface area contributed by atoms with Gasteiger partial charge in [-0.3, -0.25) is 4.79 Å². The van der Waals surface area contributed by atoms with E-state index in [1.165, 1.54) is 0 Å². The molecule has 2 aromatic heterocycles. The topological polar surface area (TPSA) is 73.9 Å². The summed E-state index contributed by atoms with van der Waals surface area (Å²) in [5.41, 5.74) is 1.62. The fourth-order valence-corrected chi connectivity index (χ4v) is 1.64. The van der Waals surface area contributed by atoms with Gasteiger partial charge < -0.3 is 15.2 Å². The summed E-state index contributed by atoms with van der Waals surface area (Å²) in [7, 11) is 3.78. The number of amides is 1. The molecule has 1 amide bonds. The lowest BCUT2D eigenvalue weighted by Gasteiger charge is -2.12. The largest absolute Gasteiger partial charge is 0.363 e. The summed E-state index contributed by atoms with van der Waals surface area (Å²) in [6.45, 7) is 0.570. The molecular formula is C13H17N5O. The third-order valence-electron chi connectivity index (χ3n) is 2.70. The Morgan fingerprint density at radius 3 is 3.00 bits per heavy atom. The Morgan fingerprint density at radius 2 is 2.32 bits per heavy atom. The van der Waals surface area contributed by atoms with Crippen molar-refractivity contribution < 1.29 is 4.79 Å². The zero-order valence-corrected chi connectivity index (χ0v) is 11.1. The van der Waals surface area contributed by atoms with E-state index < -0.39 is 0 Å². The first-order chi connectivity index (χ1) is 9.16. The molecule has 0 unspecified atom stereocenters. The van der Waals surface area contributed by atoms with Crippen molar-refractivity contribution in [3.05, 3.63) is 42.1 Å². The minimum absolute atomic E-state index is 0.0926. The lowest BCUT2D eigenvalue weighted by atomic mass is 10.2. The van der Waals surface area contributed by atoms with Crippen LogP contribution < -0.4 is 10.2 Å². The molecule has 0 aliphatic rings. The van der Waals surface area contributed by atoms with E-state index in [4.69, 9.17) is 0 Å². The quantitative estimate of drug-likeness (QED) is 0.834. The van der Waals surface area contributed by atoms with Crippen molar-refractivity contribution in [1.29, 1.82) is 0 Å². The summed E-state index contributed by atoms with van der Waals surface area (Å²) in [4.78, 5) is 24.9. The number of hydrogen-bond donors (Lipinski definition) is 2. The molecule has 100 valence electrons. The highest BCUT2D eigenvalue weighted by atomic mass is 16.1. The van der Waals surface area contributed by atoms with Crippen LogP contribution in [0.4, 0.5) is 5.82 Å². The highest BCUT2D eigenvalue weighted by molar-refractivity contribution is 5.94. The number of aromatic nitrogens is 3. The number of anilines is 1. The predicted molar refractivity (Wildman–Crippen MR) is 73.2 cm³/mol. The standard InChI is InChI=1S/C13H17N5O/c1-18(2)12-7-10(3-5-15-12)13(19)16-6-4-11-8-14-9-17-11/h3,5,7-9H,4,6H2,1-2H3,(H,14,17)(H,16,19). The second-order valence-electron chi connectivity index (χ2n) is 4.38. The Morgan fingerprint density at radius 1 is 1.47 bits per heavy atom. The molecule has 2 heterocycles. The van der Waals surface area contributed by atoms with E-state index in [-0.39, 0.29) is 5.91 Å². The normalized spacial score (nSPS) is 10.2. The van der Waals surface area contributed by atoms with Crippen LogP contribution >= 0.6 is 0 Å². The van der Waals surface area contributed by atoms with Gasteiger partial charge in [-0.25, -0.2) is 9.97 Å². The van der Waals surface area contributed by atoms with Gasteiger partial charge in [-0.05, 0) is 12.1 Å².